The number of hydrogen-bond acceptors (Lipinski definition) is 7. The molecule has 30 heavy (non-hydrogen) atoms. The highest BCUT2D eigenvalue weighted by atomic mass is 32.2. The third kappa shape index (κ3) is 4.55. The lowest BCUT2D eigenvalue weighted by Crippen LogP contribution is -2.63. The molecule has 3 heterocycles. The average molecular weight is 462 g/mol. The van der Waals surface area contributed by atoms with Crippen molar-refractivity contribution in [2.75, 3.05) is 12.3 Å². The van der Waals surface area contributed by atoms with E-state index in [4.69, 9.17) is 0 Å². The van der Waals surface area contributed by atoms with Crippen LogP contribution in [0.3, 0.4) is 0 Å². The molecule has 6 atom stereocenters. The lowest BCUT2D eigenvalue weighted by atomic mass is 9.79. The molecule has 3 rings (SSSR count). The predicted octanol–water partition coefficient (Wildman–Crippen LogP) is 0.322. The summed E-state index contributed by atoms with van der Waals surface area (Å²) >= 11 is 1.47. The molecular weight excluding hydrogens is 430 g/mol. The van der Waals surface area contributed by atoms with Gasteiger partial charge in [0, 0.05) is 34.7 Å². The van der Waals surface area contributed by atoms with Crippen molar-refractivity contribution in [2.45, 2.75) is 70.0 Å². The van der Waals surface area contributed by atoms with Gasteiger partial charge in [0.2, 0.25) is 15.9 Å². The number of nitrogens with one attached hydrogen (secondary N) is 2. The van der Waals surface area contributed by atoms with E-state index in [2.05, 4.69) is 10.0 Å². The van der Waals surface area contributed by atoms with Crippen LogP contribution in [0.2, 0.25) is 0 Å². The first-order valence-corrected chi connectivity index (χ1v) is 12.8. The second-order valence-electron chi connectivity index (χ2n) is 8.73. The number of carboxylic acid groups (broad SMARTS) is 1. The molecule has 11 heteroatoms. The third-order valence-electron chi connectivity index (χ3n) is 5.94. The molecule has 0 spiro atoms. The summed E-state index contributed by atoms with van der Waals surface area (Å²) in [5, 5.41) is 23.1. The fraction of sp³-hybridized carbons (Fsp3) is 0.789. The first-order chi connectivity index (χ1) is 13.9. The number of aliphatic carboxylic acids is 1. The van der Waals surface area contributed by atoms with Gasteiger partial charge in [-0.15, -0.1) is 11.8 Å². The van der Waals surface area contributed by atoms with Gasteiger partial charge in [-0.25, -0.2) is 17.9 Å². The van der Waals surface area contributed by atoms with E-state index in [0.717, 1.165) is 6.42 Å². The van der Waals surface area contributed by atoms with Crippen molar-refractivity contribution in [1.29, 1.82) is 0 Å². The number of aliphatic hydroxyl groups excluding tert-OH is 1. The minimum atomic E-state index is -3.32. The summed E-state index contributed by atoms with van der Waals surface area (Å²) in [7, 11) is -3.32. The van der Waals surface area contributed by atoms with E-state index in [1.165, 1.54) is 16.7 Å². The van der Waals surface area contributed by atoms with E-state index in [1.807, 2.05) is 6.92 Å². The number of sulfonamides is 1. The summed E-state index contributed by atoms with van der Waals surface area (Å²) in [6, 6.07) is -0.414. The number of β-lactam (4-membered cyclic amide) rings is 1. The first-order valence-electron chi connectivity index (χ1n) is 10.3. The zero-order chi connectivity index (χ0) is 22.4. The number of amides is 1. The molecule has 2 saturated heterocycles. The van der Waals surface area contributed by atoms with Crippen molar-refractivity contribution >= 4 is 33.7 Å². The highest BCUT2D eigenvalue weighted by Gasteiger charge is 2.60. The molecule has 3 aliphatic rings. The van der Waals surface area contributed by atoms with E-state index in [0.29, 0.717) is 17.9 Å². The van der Waals surface area contributed by atoms with Crippen LogP contribution in [0, 0.1) is 11.8 Å². The van der Waals surface area contributed by atoms with Gasteiger partial charge in [-0.05, 0) is 33.6 Å². The Morgan fingerprint density at radius 1 is 1.37 bits per heavy atom. The highest BCUT2D eigenvalue weighted by molar-refractivity contribution is 8.03. The van der Waals surface area contributed by atoms with Gasteiger partial charge in [-0.3, -0.25) is 4.79 Å². The van der Waals surface area contributed by atoms with Gasteiger partial charge in [-0.2, -0.15) is 0 Å². The van der Waals surface area contributed by atoms with Crippen LogP contribution >= 0.6 is 11.8 Å². The number of thioether (sulfide) groups is 1. The lowest BCUT2D eigenvalue weighted by Gasteiger charge is -2.46. The van der Waals surface area contributed by atoms with Gasteiger partial charge in [0.25, 0.3) is 0 Å². The Balaban J connectivity index is 1.64. The van der Waals surface area contributed by atoms with E-state index in [-0.39, 0.29) is 46.7 Å². The van der Waals surface area contributed by atoms with Crippen LogP contribution in [0.1, 0.15) is 40.5 Å². The van der Waals surface area contributed by atoms with E-state index >= 15 is 0 Å². The third-order valence-corrected chi connectivity index (χ3v) is 9.05. The average Bonchev–Trinajstić information content (AvgIpc) is 3.14. The Morgan fingerprint density at radius 3 is 2.60 bits per heavy atom. The molecule has 0 radical (unpaired) electrons. The Morgan fingerprint density at radius 2 is 2.03 bits per heavy atom. The van der Waals surface area contributed by atoms with Crippen molar-refractivity contribution in [3.8, 4) is 0 Å². The molecule has 0 bridgehead atoms. The fourth-order valence-corrected chi connectivity index (χ4v) is 7.61. The molecule has 2 fully saturated rings. The quantitative estimate of drug-likeness (QED) is 0.361. The standard InChI is InChI=1S/C19H31N3O6S2/c1-9(2)21-30(27,28)6-5-12-7-13(8-20-12)29-17-10(3)15-14(11(4)23)18(24)22(15)16(17)19(25)26/h9-15,20-21,23H,5-8H2,1-4H3,(H,25,26). The number of carbonyl (C=O) groups excluding carboxylic acids is 1. The van der Waals surface area contributed by atoms with Crippen LogP contribution in [-0.2, 0) is 19.6 Å². The van der Waals surface area contributed by atoms with Crippen LogP contribution in [0.4, 0.5) is 0 Å². The predicted molar refractivity (Wildman–Crippen MR) is 114 cm³/mol. The monoisotopic (exact) mass is 461 g/mol. The zero-order valence-electron chi connectivity index (χ0n) is 17.7. The lowest BCUT2D eigenvalue weighted by molar-refractivity contribution is -0.163. The number of carbonyl (C=O) groups is 2. The van der Waals surface area contributed by atoms with Gasteiger partial charge < -0.3 is 20.4 Å². The Kier molecular flexibility index (Phi) is 6.88. The molecule has 3 aliphatic heterocycles. The van der Waals surface area contributed by atoms with Crippen molar-refractivity contribution < 1.29 is 28.2 Å². The molecule has 0 aromatic heterocycles. The number of carboxylic acids is 1. The molecule has 0 aromatic carbocycles. The van der Waals surface area contributed by atoms with E-state index < -0.39 is 28.0 Å². The number of rotatable bonds is 9. The van der Waals surface area contributed by atoms with Gasteiger partial charge in [0.15, 0.2) is 0 Å². The maximum atomic E-state index is 12.4. The van der Waals surface area contributed by atoms with Gasteiger partial charge >= 0.3 is 5.97 Å². The van der Waals surface area contributed by atoms with Crippen LogP contribution in [0.25, 0.3) is 0 Å². The molecule has 0 aliphatic carbocycles. The van der Waals surface area contributed by atoms with Crippen LogP contribution in [-0.4, -0.2) is 77.2 Å². The van der Waals surface area contributed by atoms with Crippen molar-refractivity contribution in [2.24, 2.45) is 11.8 Å². The number of nitrogens with zero attached hydrogens (tertiary/aromatic N) is 1. The minimum Gasteiger partial charge on any atom is -0.477 e. The Labute approximate surface area is 181 Å². The van der Waals surface area contributed by atoms with Crippen LogP contribution in [0.15, 0.2) is 10.6 Å². The molecule has 170 valence electrons. The van der Waals surface area contributed by atoms with E-state index in [9.17, 15) is 28.2 Å². The molecule has 4 N–H and O–H groups in total. The van der Waals surface area contributed by atoms with Crippen LogP contribution in [0.5, 0.6) is 0 Å². The molecule has 6 unspecified atom stereocenters. The second-order valence-corrected chi connectivity index (χ2v) is 11.9. The normalized spacial score (nSPS) is 32.5. The summed E-state index contributed by atoms with van der Waals surface area (Å²) < 4.78 is 26.7. The van der Waals surface area contributed by atoms with Crippen molar-refractivity contribution in [1.82, 2.24) is 14.9 Å². The molecule has 0 aromatic rings. The van der Waals surface area contributed by atoms with E-state index in [1.54, 1.807) is 20.8 Å². The number of hydrogen-bond donors (Lipinski definition) is 4. The zero-order valence-corrected chi connectivity index (χ0v) is 19.3. The van der Waals surface area contributed by atoms with Crippen molar-refractivity contribution in [3.63, 3.8) is 0 Å². The van der Waals surface area contributed by atoms with Crippen LogP contribution < -0.4 is 10.0 Å². The summed E-state index contributed by atoms with van der Waals surface area (Å²) in [4.78, 5) is 26.3. The number of fused-ring (bicyclic) bond motifs is 1. The maximum Gasteiger partial charge on any atom is 0.353 e. The fourth-order valence-electron chi connectivity index (χ4n) is 4.67. The summed E-state index contributed by atoms with van der Waals surface area (Å²) in [6.45, 7) is 7.68. The Hall–Kier alpha value is -1.14. The van der Waals surface area contributed by atoms with Gasteiger partial charge in [-0.1, -0.05) is 6.92 Å². The SMILES string of the molecule is CC(C)NS(=O)(=O)CCC1CC(SC2=C(C(=O)O)N3C(=O)C(C(C)O)C3C2C)CN1. The Bertz CT molecular complexity index is 841. The minimum absolute atomic E-state index is 0.0339. The topological polar surface area (TPSA) is 136 Å². The molecule has 9 nitrogen and oxygen atoms in total. The highest BCUT2D eigenvalue weighted by Crippen LogP contribution is 2.51. The van der Waals surface area contributed by atoms with Gasteiger partial charge in [0.05, 0.1) is 23.8 Å². The summed E-state index contributed by atoms with van der Waals surface area (Å²) in [5.41, 5.74) is 0.0339. The summed E-state index contributed by atoms with van der Waals surface area (Å²) in [5.74, 6) is -2.15. The molecular formula is C19H31N3O6S2. The maximum absolute atomic E-state index is 12.4. The molecule has 0 saturated carbocycles. The summed E-state index contributed by atoms with van der Waals surface area (Å²) in [6.07, 6.45) is 0.389. The smallest absolute Gasteiger partial charge is 0.353 e. The van der Waals surface area contributed by atoms with Gasteiger partial charge in [0.1, 0.15) is 5.70 Å². The van der Waals surface area contributed by atoms with Crippen molar-refractivity contribution in [3.05, 3.63) is 10.6 Å². The molecule has 1 amide bonds. The number of aliphatic hydroxyl groups is 1. The first kappa shape index (κ1) is 23.5. The second kappa shape index (κ2) is 8.78. The largest absolute Gasteiger partial charge is 0.477 e.